The maximum Gasteiger partial charge on any atom is 0.125 e. The van der Waals surface area contributed by atoms with Crippen LogP contribution in [0.2, 0.25) is 0 Å². The third-order valence-corrected chi connectivity index (χ3v) is 3.50. The van der Waals surface area contributed by atoms with Crippen molar-refractivity contribution in [1.82, 2.24) is 4.57 Å². The molecule has 0 aliphatic rings. The van der Waals surface area contributed by atoms with Crippen molar-refractivity contribution in [3.63, 3.8) is 0 Å². The molecule has 0 bridgehead atoms. The Morgan fingerprint density at radius 1 is 1.15 bits per heavy atom. The van der Waals surface area contributed by atoms with Crippen LogP contribution in [0.15, 0.2) is 48.7 Å². The van der Waals surface area contributed by atoms with E-state index >= 15 is 0 Å². The van der Waals surface area contributed by atoms with E-state index in [-0.39, 0.29) is 5.82 Å². The van der Waals surface area contributed by atoms with Crippen LogP contribution in [0.3, 0.4) is 0 Å². The van der Waals surface area contributed by atoms with Crippen molar-refractivity contribution in [3.8, 4) is 0 Å². The second-order valence-corrected chi connectivity index (χ2v) is 5.15. The van der Waals surface area contributed by atoms with Gasteiger partial charge in [0.25, 0.3) is 0 Å². The summed E-state index contributed by atoms with van der Waals surface area (Å²) in [5.74, 6) is -0.203. The molecule has 2 aromatic carbocycles. The smallest absolute Gasteiger partial charge is 0.125 e. The van der Waals surface area contributed by atoms with E-state index in [1.165, 1.54) is 28.6 Å². The predicted octanol–water partition coefficient (Wildman–Crippen LogP) is 4.24. The molecule has 1 heterocycles. The standard InChI is InChI=1S/C17H17FN2/c1-12-7-14(18)9-15(8-12)19-10-13-11-20(2)17-6-4-3-5-16(13)17/h3-9,11,19H,10H2,1-2H3. The predicted molar refractivity (Wildman–Crippen MR) is 81.4 cm³/mol. The molecule has 0 saturated carbocycles. The van der Waals surface area contributed by atoms with E-state index in [4.69, 9.17) is 0 Å². The highest BCUT2D eigenvalue weighted by Gasteiger charge is 2.06. The van der Waals surface area contributed by atoms with Crippen molar-refractivity contribution in [3.05, 3.63) is 65.6 Å². The number of hydrogen-bond donors (Lipinski definition) is 1. The van der Waals surface area contributed by atoms with Crippen LogP contribution in [-0.2, 0) is 13.6 Å². The van der Waals surface area contributed by atoms with Crippen molar-refractivity contribution in [2.45, 2.75) is 13.5 Å². The zero-order chi connectivity index (χ0) is 14.1. The number of rotatable bonds is 3. The van der Waals surface area contributed by atoms with Gasteiger partial charge in [0.15, 0.2) is 0 Å². The maximum atomic E-state index is 13.4. The molecular weight excluding hydrogens is 251 g/mol. The number of fused-ring (bicyclic) bond motifs is 1. The number of aryl methyl sites for hydroxylation is 2. The van der Waals surface area contributed by atoms with Gasteiger partial charge in [-0.25, -0.2) is 4.39 Å². The number of aromatic nitrogens is 1. The van der Waals surface area contributed by atoms with Gasteiger partial charge in [0.1, 0.15) is 5.82 Å². The highest BCUT2D eigenvalue weighted by molar-refractivity contribution is 5.84. The number of halogens is 1. The summed E-state index contributed by atoms with van der Waals surface area (Å²) in [6.45, 7) is 2.58. The maximum absolute atomic E-state index is 13.4. The molecule has 0 unspecified atom stereocenters. The molecule has 3 rings (SSSR count). The molecule has 0 spiro atoms. The lowest BCUT2D eigenvalue weighted by Gasteiger charge is -2.07. The normalized spacial score (nSPS) is 10.9. The van der Waals surface area contributed by atoms with Gasteiger partial charge in [0.05, 0.1) is 0 Å². The fourth-order valence-corrected chi connectivity index (χ4v) is 2.60. The number of anilines is 1. The molecule has 0 radical (unpaired) electrons. The Hall–Kier alpha value is -2.29. The summed E-state index contributed by atoms with van der Waals surface area (Å²) < 4.78 is 15.5. The Morgan fingerprint density at radius 3 is 2.75 bits per heavy atom. The fraction of sp³-hybridized carbons (Fsp3) is 0.176. The SMILES string of the molecule is Cc1cc(F)cc(NCc2cn(C)c3ccccc23)c1. The Kier molecular flexibility index (Phi) is 3.18. The lowest BCUT2D eigenvalue weighted by molar-refractivity contribution is 0.627. The molecule has 0 amide bonds. The van der Waals surface area contributed by atoms with Gasteiger partial charge < -0.3 is 9.88 Å². The van der Waals surface area contributed by atoms with Crippen molar-refractivity contribution in [1.29, 1.82) is 0 Å². The minimum Gasteiger partial charge on any atom is -0.381 e. The molecule has 0 atom stereocenters. The lowest BCUT2D eigenvalue weighted by atomic mass is 10.1. The first-order valence-electron chi connectivity index (χ1n) is 6.67. The van der Waals surface area contributed by atoms with Crippen LogP contribution in [0.1, 0.15) is 11.1 Å². The van der Waals surface area contributed by atoms with Crippen LogP contribution < -0.4 is 5.32 Å². The zero-order valence-corrected chi connectivity index (χ0v) is 11.7. The molecule has 102 valence electrons. The summed E-state index contributed by atoms with van der Waals surface area (Å²) in [4.78, 5) is 0. The quantitative estimate of drug-likeness (QED) is 0.752. The summed E-state index contributed by atoms with van der Waals surface area (Å²) >= 11 is 0. The van der Waals surface area contributed by atoms with Crippen molar-refractivity contribution < 1.29 is 4.39 Å². The van der Waals surface area contributed by atoms with Crippen molar-refractivity contribution >= 4 is 16.6 Å². The van der Waals surface area contributed by atoms with E-state index in [1.54, 1.807) is 0 Å². The van der Waals surface area contributed by atoms with E-state index in [1.807, 2.05) is 32.2 Å². The van der Waals surface area contributed by atoms with Crippen LogP contribution in [0, 0.1) is 12.7 Å². The number of para-hydroxylation sites is 1. The Balaban J connectivity index is 1.87. The van der Waals surface area contributed by atoms with Gasteiger partial charge in [0, 0.05) is 36.4 Å². The van der Waals surface area contributed by atoms with E-state index in [0.29, 0.717) is 6.54 Å². The molecule has 3 heteroatoms. The molecule has 3 aromatic rings. The van der Waals surface area contributed by atoms with Crippen LogP contribution in [0.25, 0.3) is 10.9 Å². The van der Waals surface area contributed by atoms with Crippen molar-refractivity contribution in [2.24, 2.45) is 7.05 Å². The van der Waals surface area contributed by atoms with Gasteiger partial charge in [-0.2, -0.15) is 0 Å². The van der Waals surface area contributed by atoms with Crippen LogP contribution in [-0.4, -0.2) is 4.57 Å². The first kappa shape index (κ1) is 12.7. The largest absolute Gasteiger partial charge is 0.381 e. The number of nitrogens with one attached hydrogen (secondary N) is 1. The molecule has 0 aliphatic heterocycles. The monoisotopic (exact) mass is 268 g/mol. The van der Waals surface area contributed by atoms with E-state index in [2.05, 4.69) is 28.2 Å². The zero-order valence-electron chi connectivity index (χ0n) is 11.7. The molecule has 20 heavy (non-hydrogen) atoms. The summed E-state index contributed by atoms with van der Waals surface area (Å²) in [6.07, 6.45) is 2.11. The highest BCUT2D eigenvalue weighted by atomic mass is 19.1. The van der Waals surface area contributed by atoms with Gasteiger partial charge in [-0.1, -0.05) is 18.2 Å². The molecule has 0 fully saturated rings. The highest BCUT2D eigenvalue weighted by Crippen LogP contribution is 2.22. The van der Waals surface area contributed by atoms with E-state index in [0.717, 1.165) is 11.3 Å². The first-order chi connectivity index (χ1) is 9.63. The van der Waals surface area contributed by atoms with Gasteiger partial charge >= 0.3 is 0 Å². The first-order valence-corrected chi connectivity index (χ1v) is 6.67. The van der Waals surface area contributed by atoms with E-state index < -0.39 is 0 Å². The minimum absolute atomic E-state index is 0.203. The molecule has 2 nitrogen and oxygen atoms in total. The van der Waals surface area contributed by atoms with Crippen molar-refractivity contribution in [2.75, 3.05) is 5.32 Å². The second-order valence-electron chi connectivity index (χ2n) is 5.15. The summed E-state index contributed by atoms with van der Waals surface area (Å²) in [5.41, 5.74) is 4.16. The Morgan fingerprint density at radius 2 is 1.95 bits per heavy atom. The van der Waals surface area contributed by atoms with Crippen LogP contribution in [0.4, 0.5) is 10.1 Å². The van der Waals surface area contributed by atoms with Gasteiger partial charge in [-0.05, 0) is 42.3 Å². The fourth-order valence-electron chi connectivity index (χ4n) is 2.60. The van der Waals surface area contributed by atoms with Crippen LogP contribution >= 0.6 is 0 Å². The molecule has 0 aliphatic carbocycles. The number of benzene rings is 2. The lowest BCUT2D eigenvalue weighted by Crippen LogP contribution is -1.99. The van der Waals surface area contributed by atoms with Gasteiger partial charge in [0.2, 0.25) is 0 Å². The average molecular weight is 268 g/mol. The summed E-state index contributed by atoms with van der Waals surface area (Å²) in [6, 6.07) is 13.3. The minimum atomic E-state index is -0.203. The van der Waals surface area contributed by atoms with Gasteiger partial charge in [-0.3, -0.25) is 0 Å². The average Bonchev–Trinajstić information content (AvgIpc) is 2.73. The third kappa shape index (κ3) is 2.39. The molecular formula is C17H17FN2. The summed E-state index contributed by atoms with van der Waals surface area (Å²) in [5, 5.41) is 4.53. The van der Waals surface area contributed by atoms with Crippen LogP contribution in [0.5, 0.6) is 0 Å². The molecule has 1 N–H and O–H groups in total. The van der Waals surface area contributed by atoms with Gasteiger partial charge in [-0.15, -0.1) is 0 Å². The second kappa shape index (κ2) is 5.00. The number of nitrogens with zero attached hydrogens (tertiary/aromatic N) is 1. The Bertz CT molecular complexity index is 739. The third-order valence-electron chi connectivity index (χ3n) is 3.50. The summed E-state index contributed by atoms with van der Waals surface area (Å²) in [7, 11) is 2.04. The topological polar surface area (TPSA) is 17.0 Å². The van der Waals surface area contributed by atoms with E-state index in [9.17, 15) is 4.39 Å². The molecule has 1 aromatic heterocycles. The Labute approximate surface area is 117 Å². The molecule has 0 saturated heterocycles. The number of hydrogen-bond acceptors (Lipinski definition) is 1.